The number of nitrogens with one attached hydrogen (secondary N) is 1. The minimum Gasteiger partial charge on any atom is -0.345 e. The second-order valence-electron chi connectivity index (χ2n) is 4.75. The zero-order valence-corrected chi connectivity index (χ0v) is 11.5. The van der Waals surface area contributed by atoms with Gasteiger partial charge in [0.1, 0.15) is 11.0 Å². The van der Waals surface area contributed by atoms with Crippen LogP contribution < -0.4 is 5.32 Å². The normalized spacial score (nSPS) is 22.2. The highest BCUT2D eigenvalue weighted by Crippen LogP contribution is 2.28. The van der Waals surface area contributed by atoms with E-state index >= 15 is 0 Å². The summed E-state index contributed by atoms with van der Waals surface area (Å²) >= 11 is 1.50. The van der Waals surface area contributed by atoms with Crippen molar-refractivity contribution < 1.29 is 9.59 Å². The number of carbonyl (C=O) groups excluding carboxylic acids is 2. The second kappa shape index (κ2) is 5.06. The Morgan fingerprint density at radius 1 is 1.44 bits per heavy atom. The van der Waals surface area contributed by atoms with Crippen LogP contribution in [0.1, 0.15) is 31.8 Å². The molecule has 5 nitrogen and oxygen atoms in total. The molecule has 0 aliphatic carbocycles. The molecule has 2 amide bonds. The molecule has 0 bridgehead atoms. The SMILES string of the molecule is CC(C)C1C(=O)NCC(=O)N1C(C)c1nccs1. The van der Waals surface area contributed by atoms with Crippen LogP contribution in [-0.4, -0.2) is 34.3 Å². The van der Waals surface area contributed by atoms with E-state index in [4.69, 9.17) is 0 Å². The van der Waals surface area contributed by atoms with E-state index in [-0.39, 0.29) is 30.3 Å². The summed E-state index contributed by atoms with van der Waals surface area (Å²) in [6.07, 6.45) is 1.72. The molecule has 98 valence electrons. The summed E-state index contributed by atoms with van der Waals surface area (Å²) in [5.41, 5.74) is 0. The topological polar surface area (TPSA) is 62.3 Å². The van der Waals surface area contributed by atoms with Crippen LogP contribution in [0.5, 0.6) is 0 Å². The van der Waals surface area contributed by atoms with Gasteiger partial charge in [0.2, 0.25) is 11.8 Å². The van der Waals surface area contributed by atoms with Crippen LogP contribution in [-0.2, 0) is 9.59 Å². The highest BCUT2D eigenvalue weighted by molar-refractivity contribution is 7.09. The maximum atomic E-state index is 12.1. The summed E-state index contributed by atoms with van der Waals surface area (Å²) in [5.74, 6) is -0.0410. The van der Waals surface area contributed by atoms with Crippen LogP contribution in [0.15, 0.2) is 11.6 Å². The average molecular weight is 267 g/mol. The molecule has 2 atom stereocenters. The molecule has 1 saturated heterocycles. The van der Waals surface area contributed by atoms with Crippen LogP contribution in [0.4, 0.5) is 0 Å². The van der Waals surface area contributed by atoms with E-state index in [0.717, 1.165) is 5.01 Å². The van der Waals surface area contributed by atoms with Gasteiger partial charge in [-0.05, 0) is 12.8 Å². The minimum atomic E-state index is -0.412. The zero-order valence-electron chi connectivity index (χ0n) is 10.7. The molecule has 6 heteroatoms. The lowest BCUT2D eigenvalue weighted by Crippen LogP contribution is -2.60. The van der Waals surface area contributed by atoms with Gasteiger partial charge in [-0.1, -0.05) is 13.8 Å². The number of amides is 2. The van der Waals surface area contributed by atoms with Crippen molar-refractivity contribution in [3.63, 3.8) is 0 Å². The molecule has 2 heterocycles. The van der Waals surface area contributed by atoms with Gasteiger partial charge in [0, 0.05) is 11.6 Å². The first kappa shape index (κ1) is 13.0. The number of piperazine rings is 1. The van der Waals surface area contributed by atoms with Gasteiger partial charge in [-0.3, -0.25) is 9.59 Å². The maximum Gasteiger partial charge on any atom is 0.243 e. The monoisotopic (exact) mass is 267 g/mol. The lowest BCUT2D eigenvalue weighted by molar-refractivity contribution is -0.150. The van der Waals surface area contributed by atoms with Gasteiger partial charge in [0.15, 0.2) is 0 Å². The van der Waals surface area contributed by atoms with Crippen molar-refractivity contribution in [3.8, 4) is 0 Å². The first-order valence-corrected chi connectivity index (χ1v) is 6.88. The largest absolute Gasteiger partial charge is 0.345 e. The number of thiazole rings is 1. The molecule has 1 aliphatic rings. The van der Waals surface area contributed by atoms with E-state index in [1.165, 1.54) is 11.3 Å². The molecular formula is C12H17N3O2S. The zero-order chi connectivity index (χ0) is 13.3. The van der Waals surface area contributed by atoms with Crippen molar-refractivity contribution in [2.24, 2.45) is 5.92 Å². The van der Waals surface area contributed by atoms with E-state index in [2.05, 4.69) is 10.3 Å². The fraction of sp³-hybridized carbons (Fsp3) is 0.583. The third-order valence-corrected chi connectivity index (χ3v) is 4.07. The van der Waals surface area contributed by atoms with E-state index < -0.39 is 6.04 Å². The van der Waals surface area contributed by atoms with Crippen LogP contribution in [0.2, 0.25) is 0 Å². The van der Waals surface area contributed by atoms with Crippen molar-refractivity contribution >= 4 is 23.2 Å². The Morgan fingerprint density at radius 2 is 2.17 bits per heavy atom. The lowest BCUT2D eigenvalue weighted by Gasteiger charge is -2.40. The van der Waals surface area contributed by atoms with Gasteiger partial charge < -0.3 is 10.2 Å². The average Bonchev–Trinajstić information content (AvgIpc) is 2.84. The molecule has 1 aromatic rings. The van der Waals surface area contributed by atoms with E-state index in [9.17, 15) is 9.59 Å². The van der Waals surface area contributed by atoms with Crippen molar-refractivity contribution in [3.05, 3.63) is 16.6 Å². The number of carbonyl (C=O) groups is 2. The van der Waals surface area contributed by atoms with Gasteiger partial charge in [-0.15, -0.1) is 11.3 Å². The number of rotatable bonds is 3. The Balaban J connectivity index is 2.31. The summed E-state index contributed by atoms with van der Waals surface area (Å²) < 4.78 is 0. The molecule has 1 aromatic heterocycles. The molecule has 1 aliphatic heterocycles. The summed E-state index contributed by atoms with van der Waals surface area (Å²) in [7, 11) is 0. The van der Waals surface area contributed by atoms with E-state index in [0.29, 0.717) is 0 Å². The Kier molecular flexibility index (Phi) is 3.65. The van der Waals surface area contributed by atoms with Gasteiger partial charge >= 0.3 is 0 Å². The molecule has 0 radical (unpaired) electrons. The molecule has 0 spiro atoms. The quantitative estimate of drug-likeness (QED) is 0.894. The van der Waals surface area contributed by atoms with Crippen LogP contribution in [0, 0.1) is 5.92 Å². The molecule has 1 fully saturated rings. The molecule has 1 N–H and O–H groups in total. The highest BCUT2D eigenvalue weighted by atomic mass is 32.1. The van der Waals surface area contributed by atoms with Crippen molar-refractivity contribution in [2.75, 3.05) is 6.54 Å². The van der Waals surface area contributed by atoms with Crippen molar-refractivity contribution in [1.82, 2.24) is 15.2 Å². The molecule has 18 heavy (non-hydrogen) atoms. The van der Waals surface area contributed by atoms with E-state index in [1.54, 1.807) is 11.1 Å². The minimum absolute atomic E-state index is 0.0454. The predicted molar refractivity (Wildman–Crippen MR) is 69.0 cm³/mol. The van der Waals surface area contributed by atoms with Crippen LogP contribution in [0.25, 0.3) is 0 Å². The number of aromatic nitrogens is 1. The standard InChI is InChI=1S/C12H17N3O2S/c1-7(2)10-11(17)14-6-9(16)15(10)8(3)12-13-4-5-18-12/h4-5,7-8,10H,6H2,1-3H3,(H,14,17). The van der Waals surface area contributed by atoms with Gasteiger partial charge in [0.05, 0.1) is 12.6 Å². The number of nitrogens with zero attached hydrogens (tertiary/aromatic N) is 2. The van der Waals surface area contributed by atoms with Crippen LogP contribution in [0.3, 0.4) is 0 Å². The summed E-state index contributed by atoms with van der Waals surface area (Å²) in [6, 6.07) is -0.568. The van der Waals surface area contributed by atoms with Gasteiger partial charge in [0.25, 0.3) is 0 Å². The number of hydrogen-bond donors (Lipinski definition) is 1. The molecule has 2 rings (SSSR count). The Morgan fingerprint density at radius 3 is 2.72 bits per heavy atom. The third-order valence-electron chi connectivity index (χ3n) is 3.13. The molecule has 0 aromatic carbocycles. The Hall–Kier alpha value is -1.43. The van der Waals surface area contributed by atoms with Crippen molar-refractivity contribution in [2.45, 2.75) is 32.9 Å². The summed E-state index contributed by atoms with van der Waals surface area (Å²) in [4.78, 5) is 29.9. The Bertz CT molecular complexity index is 444. The second-order valence-corrected chi connectivity index (χ2v) is 5.68. The third kappa shape index (κ3) is 2.25. The summed E-state index contributed by atoms with van der Waals surface area (Å²) in [6.45, 7) is 5.90. The molecular weight excluding hydrogens is 250 g/mol. The number of hydrogen-bond acceptors (Lipinski definition) is 4. The van der Waals surface area contributed by atoms with Gasteiger partial charge in [-0.25, -0.2) is 4.98 Å². The van der Waals surface area contributed by atoms with E-state index in [1.807, 2.05) is 26.2 Å². The fourth-order valence-electron chi connectivity index (χ4n) is 2.28. The highest BCUT2D eigenvalue weighted by Gasteiger charge is 2.40. The van der Waals surface area contributed by atoms with Crippen LogP contribution >= 0.6 is 11.3 Å². The Labute approximate surface area is 110 Å². The molecule has 2 unspecified atom stereocenters. The lowest BCUT2D eigenvalue weighted by atomic mass is 9.98. The smallest absolute Gasteiger partial charge is 0.243 e. The fourth-order valence-corrected chi connectivity index (χ4v) is 2.97. The maximum absolute atomic E-state index is 12.1. The predicted octanol–water partition coefficient (Wildman–Crippen LogP) is 1.19. The molecule has 0 saturated carbocycles. The first-order valence-electron chi connectivity index (χ1n) is 6.00. The summed E-state index contributed by atoms with van der Waals surface area (Å²) in [5, 5.41) is 5.39. The van der Waals surface area contributed by atoms with Gasteiger partial charge in [-0.2, -0.15) is 0 Å². The first-order chi connectivity index (χ1) is 8.52. The van der Waals surface area contributed by atoms with Crippen molar-refractivity contribution in [1.29, 1.82) is 0 Å².